The third-order valence-electron chi connectivity index (χ3n) is 2.32. The number of rotatable bonds is 3. The van der Waals surface area contributed by atoms with Crippen LogP contribution < -0.4 is 5.32 Å². The Hall–Kier alpha value is -1.04. The Bertz CT molecular complexity index is 343. The molecule has 0 atom stereocenters. The van der Waals surface area contributed by atoms with Gasteiger partial charge in [-0.25, -0.2) is 0 Å². The molecule has 0 amide bonds. The summed E-state index contributed by atoms with van der Waals surface area (Å²) >= 11 is 0. The van der Waals surface area contributed by atoms with Crippen molar-refractivity contribution >= 4 is 0 Å². The van der Waals surface area contributed by atoms with Crippen molar-refractivity contribution in [1.82, 2.24) is 15.1 Å². The van der Waals surface area contributed by atoms with Gasteiger partial charge in [0.2, 0.25) is 0 Å². The van der Waals surface area contributed by atoms with Gasteiger partial charge in [0.15, 0.2) is 0 Å². The molecule has 6 heteroatoms. The molecule has 0 saturated carbocycles. The Labute approximate surface area is 99.0 Å². The van der Waals surface area contributed by atoms with E-state index in [1.54, 1.807) is 27.8 Å². The minimum absolute atomic E-state index is 0.460. The maximum Gasteiger partial charge on any atom is 0.433 e. The van der Waals surface area contributed by atoms with Crippen LogP contribution in [0.5, 0.6) is 0 Å². The molecule has 0 radical (unpaired) electrons. The molecule has 0 saturated heterocycles. The fourth-order valence-corrected chi connectivity index (χ4v) is 1.52. The van der Waals surface area contributed by atoms with Crippen molar-refractivity contribution in [2.75, 3.05) is 13.6 Å². The largest absolute Gasteiger partial charge is 0.433 e. The summed E-state index contributed by atoms with van der Waals surface area (Å²) in [6.45, 7) is 5.73. The molecule has 17 heavy (non-hydrogen) atoms. The highest BCUT2D eigenvalue weighted by Crippen LogP contribution is 2.32. The smallest absolute Gasteiger partial charge is 0.319 e. The van der Waals surface area contributed by atoms with Crippen molar-refractivity contribution in [1.29, 1.82) is 0 Å². The van der Waals surface area contributed by atoms with Crippen LogP contribution in [0.2, 0.25) is 0 Å². The molecule has 1 N–H and O–H groups in total. The van der Waals surface area contributed by atoms with Gasteiger partial charge in [-0.3, -0.25) is 4.68 Å². The van der Waals surface area contributed by atoms with E-state index in [1.807, 2.05) is 0 Å². The molecule has 0 aliphatic carbocycles. The van der Waals surface area contributed by atoms with Gasteiger partial charge in [-0.15, -0.1) is 0 Å². The van der Waals surface area contributed by atoms with Crippen LogP contribution in [-0.4, -0.2) is 23.4 Å². The Morgan fingerprint density at radius 2 is 1.88 bits per heavy atom. The summed E-state index contributed by atoms with van der Waals surface area (Å²) < 4.78 is 39.6. The van der Waals surface area contributed by atoms with Crippen molar-refractivity contribution in [3.8, 4) is 0 Å². The first kappa shape index (κ1) is 14.0. The van der Waals surface area contributed by atoms with Gasteiger partial charge >= 0.3 is 6.18 Å². The predicted molar refractivity (Wildman–Crippen MR) is 59.9 cm³/mol. The average molecular weight is 249 g/mol. The van der Waals surface area contributed by atoms with Gasteiger partial charge in [-0.1, -0.05) is 0 Å². The van der Waals surface area contributed by atoms with Crippen LogP contribution in [0.1, 0.15) is 32.2 Å². The molecule has 1 aromatic heterocycles. The van der Waals surface area contributed by atoms with Crippen molar-refractivity contribution in [3.63, 3.8) is 0 Å². The van der Waals surface area contributed by atoms with Crippen LogP contribution in [-0.2, 0) is 18.1 Å². The molecule has 3 nitrogen and oxygen atoms in total. The van der Waals surface area contributed by atoms with Crippen LogP contribution in [0.15, 0.2) is 6.07 Å². The predicted octanol–water partition coefficient (Wildman–Crippen LogP) is 2.42. The molecule has 0 aromatic carbocycles. The lowest BCUT2D eigenvalue weighted by Crippen LogP contribution is -2.28. The van der Waals surface area contributed by atoms with Gasteiger partial charge < -0.3 is 5.32 Å². The lowest BCUT2D eigenvalue weighted by atomic mass is 10.1. The lowest BCUT2D eigenvalue weighted by molar-refractivity contribution is -0.146. The minimum Gasteiger partial charge on any atom is -0.319 e. The van der Waals surface area contributed by atoms with E-state index in [2.05, 4.69) is 10.4 Å². The van der Waals surface area contributed by atoms with Gasteiger partial charge in [-0.2, -0.15) is 18.3 Å². The third kappa shape index (κ3) is 3.46. The quantitative estimate of drug-likeness (QED) is 0.891. The summed E-state index contributed by atoms with van der Waals surface area (Å²) in [5, 5.41) is 6.93. The van der Waals surface area contributed by atoms with E-state index in [0.29, 0.717) is 18.7 Å². The van der Waals surface area contributed by atoms with Crippen molar-refractivity contribution in [2.24, 2.45) is 0 Å². The minimum atomic E-state index is -4.36. The van der Waals surface area contributed by atoms with E-state index < -0.39 is 17.4 Å². The molecule has 1 heterocycles. The number of aromatic nitrogens is 2. The maximum absolute atomic E-state index is 12.8. The van der Waals surface area contributed by atoms with Crippen molar-refractivity contribution < 1.29 is 13.2 Å². The molecule has 0 aliphatic heterocycles. The molecule has 1 rings (SSSR count). The SMILES string of the molecule is CNCCc1cc(C(F)(F)F)n(C(C)(C)C)n1. The lowest BCUT2D eigenvalue weighted by Gasteiger charge is -2.23. The Kier molecular flexibility index (Phi) is 3.86. The molecular formula is C11H18F3N3. The fourth-order valence-electron chi connectivity index (χ4n) is 1.52. The van der Waals surface area contributed by atoms with Gasteiger partial charge in [0.05, 0.1) is 11.2 Å². The van der Waals surface area contributed by atoms with Crippen LogP contribution in [0.25, 0.3) is 0 Å². The normalized spacial score (nSPS) is 13.1. The summed E-state index contributed by atoms with van der Waals surface area (Å²) in [7, 11) is 1.76. The van der Waals surface area contributed by atoms with Gasteiger partial charge in [0.1, 0.15) is 5.69 Å². The van der Waals surface area contributed by atoms with E-state index in [0.717, 1.165) is 10.7 Å². The van der Waals surface area contributed by atoms with Crippen LogP contribution in [0, 0.1) is 0 Å². The highest BCUT2D eigenvalue weighted by molar-refractivity contribution is 5.15. The number of nitrogens with zero attached hydrogens (tertiary/aromatic N) is 2. The second kappa shape index (κ2) is 4.68. The summed E-state index contributed by atoms with van der Waals surface area (Å²) in [4.78, 5) is 0. The van der Waals surface area contributed by atoms with Gasteiger partial charge in [-0.05, 0) is 33.9 Å². The number of hydrogen-bond donors (Lipinski definition) is 1. The summed E-state index contributed by atoms with van der Waals surface area (Å²) in [6, 6.07) is 1.13. The Morgan fingerprint density at radius 1 is 1.29 bits per heavy atom. The summed E-state index contributed by atoms with van der Waals surface area (Å²) in [5.74, 6) is 0. The Morgan fingerprint density at radius 3 is 2.24 bits per heavy atom. The van der Waals surface area contributed by atoms with E-state index in [9.17, 15) is 13.2 Å². The zero-order valence-corrected chi connectivity index (χ0v) is 10.5. The molecule has 0 fully saturated rings. The fraction of sp³-hybridized carbons (Fsp3) is 0.727. The molecule has 1 aromatic rings. The molecular weight excluding hydrogens is 231 g/mol. The summed E-state index contributed by atoms with van der Waals surface area (Å²) in [5.41, 5.74) is -0.902. The van der Waals surface area contributed by atoms with Crippen LogP contribution in [0.3, 0.4) is 0 Å². The summed E-state index contributed by atoms with van der Waals surface area (Å²) in [6.07, 6.45) is -3.87. The second-order valence-corrected chi connectivity index (χ2v) is 4.95. The zero-order valence-electron chi connectivity index (χ0n) is 10.5. The van der Waals surface area contributed by atoms with Gasteiger partial charge in [0.25, 0.3) is 0 Å². The third-order valence-corrected chi connectivity index (χ3v) is 2.32. The first-order valence-electron chi connectivity index (χ1n) is 5.47. The monoisotopic (exact) mass is 249 g/mol. The number of nitrogens with one attached hydrogen (secondary N) is 1. The van der Waals surface area contributed by atoms with Crippen LogP contribution >= 0.6 is 0 Å². The zero-order chi connectivity index (χ0) is 13.3. The standard InChI is InChI=1S/C11H18F3N3/c1-10(2,3)17-9(11(12,13)14)7-8(16-17)5-6-15-4/h7,15H,5-6H2,1-4H3. The van der Waals surface area contributed by atoms with Crippen molar-refractivity contribution in [3.05, 3.63) is 17.5 Å². The maximum atomic E-state index is 12.8. The molecule has 0 aliphatic rings. The van der Waals surface area contributed by atoms with E-state index in [4.69, 9.17) is 0 Å². The average Bonchev–Trinajstić information content (AvgIpc) is 2.57. The highest BCUT2D eigenvalue weighted by Gasteiger charge is 2.38. The number of alkyl halides is 3. The number of hydrogen-bond acceptors (Lipinski definition) is 2. The number of likely N-dealkylation sites (N-methyl/N-ethyl adjacent to an activating group) is 1. The number of halogens is 3. The first-order chi connectivity index (χ1) is 7.66. The van der Waals surface area contributed by atoms with E-state index in [1.165, 1.54) is 0 Å². The molecule has 0 spiro atoms. The molecule has 0 bridgehead atoms. The van der Waals surface area contributed by atoms with Crippen LogP contribution in [0.4, 0.5) is 13.2 Å². The molecule has 0 unspecified atom stereocenters. The van der Waals surface area contributed by atoms with E-state index >= 15 is 0 Å². The Balaban J connectivity index is 3.13. The first-order valence-corrected chi connectivity index (χ1v) is 5.47. The highest BCUT2D eigenvalue weighted by atomic mass is 19.4. The topological polar surface area (TPSA) is 29.9 Å². The van der Waals surface area contributed by atoms with E-state index in [-0.39, 0.29) is 0 Å². The van der Waals surface area contributed by atoms with Crippen molar-refractivity contribution in [2.45, 2.75) is 38.9 Å². The molecule has 98 valence electrons. The van der Waals surface area contributed by atoms with Gasteiger partial charge in [0, 0.05) is 13.0 Å². The second-order valence-electron chi connectivity index (χ2n) is 4.95.